The molecule has 0 saturated carbocycles. The van der Waals surface area contributed by atoms with Gasteiger partial charge >= 0.3 is 5.97 Å². The SMILES string of the molecule is CCc1cccc(OCCOC(=O)C(Cc2c[nH]c3ccccc23)NC(C)=O)c1. The lowest BCUT2D eigenvalue weighted by atomic mass is 10.0. The predicted molar refractivity (Wildman–Crippen MR) is 112 cm³/mol. The lowest BCUT2D eigenvalue weighted by molar-refractivity contribution is -0.148. The minimum Gasteiger partial charge on any atom is -0.490 e. The van der Waals surface area contributed by atoms with Gasteiger partial charge < -0.3 is 19.8 Å². The van der Waals surface area contributed by atoms with Crippen LogP contribution in [-0.4, -0.2) is 36.1 Å². The molecule has 0 saturated heterocycles. The van der Waals surface area contributed by atoms with E-state index in [9.17, 15) is 9.59 Å². The fourth-order valence-electron chi connectivity index (χ4n) is 3.22. The number of ether oxygens (including phenoxy) is 2. The van der Waals surface area contributed by atoms with Crippen molar-refractivity contribution in [1.82, 2.24) is 10.3 Å². The van der Waals surface area contributed by atoms with Crippen LogP contribution in [0.4, 0.5) is 0 Å². The molecule has 1 unspecified atom stereocenters. The number of fused-ring (bicyclic) bond motifs is 1. The van der Waals surface area contributed by atoms with Crippen molar-refractivity contribution in [2.45, 2.75) is 32.7 Å². The van der Waals surface area contributed by atoms with Gasteiger partial charge in [-0.1, -0.05) is 37.3 Å². The summed E-state index contributed by atoms with van der Waals surface area (Å²) in [6.07, 6.45) is 3.14. The van der Waals surface area contributed by atoms with E-state index in [1.807, 2.05) is 54.7 Å². The number of amides is 1. The van der Waals surface area contributed by atoms with Gasteiger partial charge in [-0.05, 0) is 35.7 Å². The molecular weight excluding hydrogens is 368 g/mol. The lowest BCUT2D eigenvalue weighted by Gasteiger charge is -2.17. The number of hydrogen-bond donors (Lipinski definition) is 2. The zero-order chi connectivity index (χ0) is 20.6. The van der Waals surface area contributed by atoms with Crippen LogP contribution in [0.25, 0.3) is 10.9 Å². The number of aromatic amines is 1. The van der Waals surface area contributed by atoms with Crippen LogP contribution < -0.4 is 10.1 Å². The Bertz CT molecular complexity index is 980. The Balaban J connectivity index is 1.56. The average molecular weight is 394 g/mol. The Morgan fingerprint density at radius 1 is 1.10 bits per heavy atom. The second-order valence-electron chi connectivity index (χ2n) is 6.83. The molecule has 0 aliphatic carbocycles. The normalized spacial score (nSPS) is 11.8. The van der Waals surface area contributed by atoms with E-state index in [4.69, 9.17) is 9.47 Å². The van der Waals surface area contributed by atoms with Crippen molar-refractivity contribution in [2.24, 2.45) is 0 Å². The summed E-state index contributed by atoms with van der Waals surface area (Å²) in [5.41, 5.74) is 3.12. The van der Waals surface area contributed by atoms with E-state index in [1.54, 1.807) is 0 Å². The zero-order valence-corrected chi connectivity index (χ0v) is 16.7. The van der Waals surface area contributed by atoms with E-state index < -0.39 is 12.0 Å². The van der Waals surface area contributed by atoms with Crippen molar-refractivity contribution >= 4 is 22.8 Å². The van der Waals surface area contributed by atoms with E-state index in [2.05, 4.69) is 17.2 Å². The molecule has 0 radical (unpaired) electrons. The summed E-state index contributed by atoms with van der Waals surface area (Å²) in [4.78, 5) is 27.3. The van der Waals surface area contributed by atoms with Gasteiger partial charge in [0.1, 0.15) is 25.0 Å². The molecule has 6 heteroatoms. The molecule has 0 aliphatic rings. The fraction of sp³-hybridized carbons (Fsp3) is 0.304. The highest BCUT2D eigenvalue weighted by Crippen LogP contribution is 2.19. The molecule has 0 bridgehead atoms. The standard InChI is InChI=1S/C23H26N2O4/c1-3-17-7-6-8-19(13-17)28-11-12-29-23(27)22(25-16(2)26)14-18-15-24-21-10-5-4-9-20(18)21/h4-10,13,15,22,24H,3,11-12,14H2,1-2H3,(H,25,26). The molecule has 152 valence electrons. The van der Waals surface area contributed by atoms with Gasteiger partial charge in [-0.3, -0.25) is 4.79 Å². The monoisotopic (exact) mass is 394 g/mol. The van der Waals surface area contributed by atoms with E-state index in [-0.39, 0.29) is 19.1 Å². The first-order chi connectivity index (χ1) is 14.1. The van der Waals surface area contributed by atoms with E-state index >= 15 is 0 Å². The van der Waals surface area contributed by atoms with Crippen LogP contribution in [0, 0.1) is 0 Å². The van der Waals surface area contributed by atoms with Crippen LogP contribution in [-0.2, 0) is 27.2 Å². The molecule has 1 atom stereocenters. The van der Waals surface area contributed by atoms with Crippen LogP contribution in [0.1, 0.15) is 25.0 Å². The van der Waals surface area contributed by atoms with E-state index in [0.717, 1.165) is 28.6 Å². The lowest BCUT2D eigenvalue weighted by Crippen LogP contribution is -2.42. The van der Waals surface area contributed by atoms with Crippen LogP contribution in [0.3, 0.4) is 0 Å². The third kappa shape index (κ3) is 5.60. The van der Waals surface area contributed by atoms with Gasteiger partial charge in [-0.15, -0.1) is 0 Å². The number of benzene rings is 2. The third-order valence-electron chi connectivity index (χ3n) is 4.66. The van der Waals surface area contributed by atoms with Crippen LogP contribution >= 0.6 is 0 Å². The van der Waals surface area contributed by atoms with Gasteiger partial charge in [0.15, 0.2) is 0 Å². The van der Waals surface area contributed by atoms with Crippen molar-refractivity contribution in [3.8, 4) is 5.75 Å². The molecule has 29 heavy (non-hydrogen) atoms. The number of carbonyl (C=O) groups excluding carboxylic acids is 2. The largest absolute Gasteiger partial charge is 0.490 e. The first-order valence-corrected chi connectivity index (χ1v) is 9.77. The zero-order valence-electron chi connectivity index (χ0n) is 16.7. The molecule has 6 nitrogen and oxygen atoms in total. The van der Waals surface area contributed by atoms with Crippen LogP contribution in [0.2, 0.25) is 0 Å². The summed E-state index contributed by atoms with van der Waals surface area (Å²) in [6, 6.07) is 14.9. The Labute approximate surface area is 170 Å². The maximum absolute atomic E-state index is 12.6. The second-order valence-corrected chi connectivity index (χ2v) is 6.83. The molecular formula is C23H26N2O4. The maximum Gasteiger partial charge on any atom is 0.329 e. The highest BCUT2D eigenvalue weighted by atomic mass is 16.6. The Morgan fingerprint density at radius 2 is 1.93 bits per heavy atom. The number of carbonyl (C=O) groups is 2. The number of aromatic nitrogens is 1. The minimum absolute atomic E-state index is 0.110. The van der Waals surface area contributed by atoms with Crippen molar-refractivity contribution in [1.29, 1.82) is 0 Å². The summed E-state index contributed by atoms with van der Waals surface area (Å²) in [5.74, 6) is -0.00610. The summed E-state index contributed by atoms with van der Waals surface area (Å²) in [7, 11) is 0. The van der Waals surface area contributed by atoms with Gasteiger partial charge in [0.2, 0.25) is 5.91 Å². The second kappa shape index (κ2) is 9.78. The first kappa shape index (κ1) is 20.5. The third-order valence-corrected chi connectivity index (χ3v) is 4.66. The summed E-state index contributed by atoms with van der Waals surface area (Å²) >= 11 is 0. The fourth-order valence-corrected chi connectivity index (χ4v) is 3.22. The summed E-state index contributed by atoms with van der Waals surface area (Å²) in [5, 5.41) is 3.71. The number of esters is 1. The van der Waals surface area contributed by atoms with Gasteiger partial charge in [-0.2, -0.15) is 0 Å². The molecule has 2 N–H and O–H groups in total. The number of nitrogens with one attached hydrogen (secondary N) is 2. The molecule has 1 aromatic heterocycles. The molecule has 0 spiro atoms. The van der Waals surface area contributed by atoms with E-state index in [0.29, 0.717) is 6.42 Å². The molecule has 3 rings (SSSR count). The highest BCUT2D eigenvalue weighted by Gasteiger charge is 2.23. The quantitative estimate of drug-likeness (QED) is 0.431. The van der Waals surface area contributed by atoms with Gasteiger partial charge in [0, 0.05) is 30.4 Å². The highest BCUT2D eigenvalue weighted by molar-refractivity contribution is 5.86. The molecule has 3 aromatic rings. The van der Waals surface area contributed by atoms with Crippen molar-refractivity contribution in [2.75, 3.05) is 13.2 Å². The molecule has 0 fully saturated rings. The maximum atomic E-state index is 12.6. The van der Waals surface area contributed by atoms with Crippen molar-refractivity contribution in [3.63, 3.8) is 0 Å². The van der Waals surface area contributed by atoms with Gasteiger partial charge in [0.05, 0.1) is 0 Å². The van der Waals surface area contributed by atoms with Crippen molar-refractivity contribution in [3.05, 3.63) is 65.9 Å². The van der Waals surface area contributed by atoms with Gasteiger partial charge in [-0.25, -0.2) is 4.79 Å². The van der Waals surface area contributed by atoms with Gasteiger partial charge in [0.25, 0.3) is 0 Å². The summed E-state index contributed by atoms with van der Waals surface area (Å²) in [6.45, 7) is 3.83. The Kier molecular flexibility index (Phi) is 6.89. The Morgan fingerprint density at radius 3 is 2.72 bits per heavy atom. The predicted octanol–water partition coefficient (Wildman–Crippen LogP) is 3.40. The summed E-state index contributed by atoms with van der Waals surface area (Å²) < 4.78 is 11.0. The number of rotatable bonds is 9. The van der Waals surface area contributed by atoms with E-state index in [1.165, 1.54) is 12.5 Å². The number of H-pyrrole nitrogens is 1. The molecule has 1 heterocycles. The molecule has 0 aliphatic heterocycles. The van der Waals surface area contributed by atoms with Crippen LogP contribution in [0.15, 0.2) is 54.7 Å². The first-order valence-electron chi connectivity index (χ1n) is 9.77. The molecule has 2 aromatic carbocycles. The smallest absolute Gasteiger partial charge is 0.329 e. The number of aryl methyl sites for hydroxylation is 1. The number of hydrogen-bond acceptors (Lipinski definition) is 4. The average Bonchev–Trinajstić information content (AvgIpc) is 3.13. The Hall–Kier alpha value is -3.28. The molecule has 1 amide bonds. The van der Waals surface area contributed by atoms with Crippen LogP contribution in [0.5, 0.6) is 5.75 Å². The minimum atomic E-state index is -0.755. The topological polar surface area (TPSA) is 80.4 Å². The number of para-hydroxylation sites is 1. The van der Waals surface area contributed by atoms with Crippen molar-refractivity contribution < 1.29 is 19.1 Å².